The van der Waals surface area contributed by atoms with Crippen molar-refractivity contribution in [3.05, 3.63) is 34.1 Å². The maximum absolute atomic E-state index is 13.1. The van der Waals surface area contributed by atoms with Crippen LogP contribution in [0.5, 0.6) is 0 Å². The largest absolute Gasteiger partial charge is 0.312 e. The Labute approximate surface area is 92.8 Å². The molecule has 0 heterocycles. The summed E-state index contributed by atoms with van der Waals surface area (Å²) in [5, 5.41) is 3.27. The van der Waals surface area contributed by atoms with Crippen LogP contribution >= 0.6 is 15.9 Å². The topological polar surface area (TPSA) is 12.0 Å². The molecule has 0 aromatic heterocycles. The van der Waals surface area contributed by atoms with Gasteiger partial charge in [-0.25, -0.2) is 4.39 Å². The van der Waals surface area contributed by atoms with Crippen molar-refractivity contribution in [2.75, 3.05) is 6.54 Å². The van der Waals surface area contributed by atoms with Crippen LogP contribution in [0.2, 0.25) is 0 Å². The van der Waals surface area contributed by atoms with Gasteiger partial charge < -0.3 is 5.32 Å². The van der Waals surface area contributed by atoms with Crippen LogP contribution in [0.1, 0.15) is 19.4 Å². The molecule has 1 aromatic carbocycles. The van der Waals surface area contributed by atoms with E-state index in [0.717, 1.165) is 12.1 Å². The van der Waals surface area contributed by atoms with E-state index in [-0.39, 0.29) is 5.82 Å². The molecule has 14 heavy (non-hydrogen) atoms. The summed E-state index contributed by atoms with van der Waals surface area (Å²) in [7, 11) is 0. The highest BCUT2D eigenvalue weighted by molar-refractivity contribution is 9.10. The van der Waals surface area contributed by atoms with Crippen LogP contribution in [-0.2, 0) is 6.54 Å². The van der Waals surface area contributed by atoms with Crippen molar-refractivity contribution in [1.82, 2.24) is 5.32 Å². The number of hydrogen-bond donors (Lipinski definition) is 1. The predicted molar refractivity (Wildman–Crippen MR) is 60.6 cm³/mol. The maximum Gasteiger partial charge on any atom is 0.137 e. The minimum Gasteiger partial charge on any atom is -0.312 e. The van der Waals surface area contributed by atoms with Crippen LogP contribution in [-0.4, -0.2) is 6.54 Å². The molecule has 0 radical (unpaired) electrons. The zero-order chi connectivity index (χ0) is 10.6. The minimum absolute atomic E-state index is 0.200. The summed E-state index contributed by atoms with van der Waals surface area (Å²) in [5.74, 6) is 0.413. The van der Waals surface area contributed by atoms with Gasteiger partial charge in [-0.05, 0) is 40.0 Å². The van der Waals surface area contributed by atoms with Crippen molar-refractivity contribution >= 4 is 15.9 Å². The van der Waals surface area contributed by atoms with Gasteiger partial charge in [0, 0.05) is 6.54 Å². The van der Waals surface area contributed by atoms with Crippen molar-refractivity contribution in [1.29, 1.82) is 0 Å². The van der Waals surface area contributed by atoms with Crippen LogP contribution in [0, 0.1) is 11.7 Å². The second-order valence-corrected chi connectivity index (χ2v) is 4.53. The van der Waals surface area contributed by atoms with Crippen LogP contribution < -0.4 is 5.32 Å². The van der Waals surface area contributed by atoms with Crippen LogP contribution in [0.25, 0.3) is 0 Å². The molecule has 1 aromatic rings. The Morgan fingerprint density at radius 1 is 1.43 bits per heavy atom. The molecule has 0 saturated heterocycles. The molecule has 0 spiro atoms. The number of nitrogens with one attached hydrogen (secondary N) is 1. The Morgan fingerprint density at radius 3 is 2.79 bits per heavy atom. The van der Waals surface area contributed by atoms with E-state index < -0.39 is 0 Å². The fourth-order valence-electron chi connectivity index (χ4n) is 1.18. The highest BCUT2D eigenvalue weighted by atomic mass is 79.9. The highest BCUT2D eigenvalue weighted by Crippen LogP contribution is 2.19. The Bertz CT molecular complexity index is 299. The molecule has 0 aliphatic heterocycles. The molecule has 0 fully saturated rings. The van der Waals surface area contributed by atoms with Gasteiger partial charge in [0.1, 0.15) is 5.82 Å². The normalized spacial score (nSPS) is 10.9. The summed E-state index contributed by atoms with van der Waals surface area (Å²) in [6.07, 6.45) is 0. The molecule has 78 valence electrons. The van der Waals surface area contributed by atoms with Crippen LogP contribution in [0.15, 0.2) is 22.7 Å². The van der Waals surface area contributed by atoms with Gasteiger partial charge in [-0.1, -0.05) is 26.0 Å². The summed E-state index contributed by atoms with van der Waals surface area (Å²) in [5.41, 5.74) is 0.964. The molecule has 0 bridgehead atoms. The van der Waals surface area contributed by atoms with Crippen molar-refractivity contribution < 1.29 is 4.39 Å². The van der Waals surface area contributed by atoms with Crippen molar-refractivity contribution in [2.24, 2.45) is 5.92 Å². The second kappa shape index (κ2) is 5.47. The monoisotopic (exact) mass is 259 g/mol. The second-order valence-electron chi connectivity index (χ2n) is 3.74. The van der Waals surface area contributed by atoms with Gasteiger partial charge in [-0.2, -0.15) is 0 Å². The average Bonchev–Trinajstić information content (AvgIpc) is 2.12. The number of halogens is 2. The fourth-order valence-corrected chi connectivity index (χ4v) is 1.59. The number of benzene rings is 1. The lowest BCUT2D eigenvalue weighted by Crippen LogP contribution is -2.19. The Kier molecular flexibility index (Phi) is 4.55. The lowest BCUT2D eigenvalue weighted by atomic mass is 10.2. The zero-order valence-corrected chi connectivity index (χ0v) is 10.1. The summed E-state index contributed by atoms with van der Waals surface area (Å²) < 4.78 is 13.7. The molecule has 0 unspecified atom stereocenters. The van der Waals surface area contributed by atoms with Crippen LogP contribution in [0.4, 0.5) is 4.39 Å². The van der Waals surface area contributed by atoms with Gasteiger partial charge in [-0.3, -0.25) is 0 Å². The van der Waals surface area contributed by atoms with Gasteiger partial charge >= 0.3 is 0 Å². The smallest absolute Gasteiger partial charge is 0.137 e. The predicted octanol–water partition coefficient (Wildman–Crippen LogP) is 3.33. The van der Waals surface area contributed by atoms with Crippen molar-refractivity contribution in [2.45, 2.75) is 20.4 Å². The summed E-state index contributed by atoms with van der Waals surface area (Å²) in [6, 6.07) is 5.10. The summed E-state index contributed by atoms with van der Waals surface area (Å²) in [4.78, 5) is 0. The molecule has 1 N–H and O–H groups in total. The van der Waals surface area contributed by atoms with E-state index in [1.807, 2.05) is 6.07 Å². The molecular weight excluding hydrogens is 245 g/mol. The average molecular weight is 260 g/mol. The molecule has 0 aliphatic carbocycles. The van der Waals surface area contributed by atoms with Crippen LogP contribution in [0.3, 0.4) is 0 Å². The first-order valence-electron chi connectivity index (χ1n) is 4.75. The quantitative estimate of drug-likeness (QED) is 0.875. The molecule has 1 rings (SSSR count). The summed E-state index contributed by atoms with van der Waals surface area (Å²) >= 11 is 3.23. The van der Waals surface area contributed by atoms with Gasteiger partial charge in [0.25, 0.3) is 0 Å². The Hall–Kier alpha value is -0.410. The third kappa shape index (κ3) is 3.39. The molecular formula is C11H15BrFN. The number of rotatable bonds is 4. The van der Waals surface area contributed by atoms with E-state index >= 15 is 0 Å². The Balaban J connectivity index is 2.54. The molecule has 0 atom stereocenters. The first-order chi connectivity index (χ1) is 6.61. The molecule has 0 saturated carbocycles. The third-order valence-corrected chi connectivity index (χ3v) is 2.79. The van der Waals surface area contributed by atoms with E-state index in [2.05, 4.69) is 35.1 Å². The van der Waals surface area contributed by atoms with E-state index in [1.165, 1.54) is 6.07 Å². The van der Waals surface area contributed by atoms with E-state index in [9.17, 15) is 4.39 Å². The highest BCUT2D eigenvalue weighted by Gasteiger charge is 2.04. The van der Waals surface area contributed by atoms with E-state index in [4.69, 9.17) is 0 Å². The first-order valence-corrected chi connectivity index (χ1v) is 5.54. The van der Waals surface area contributed by atoms with Gasteiger partial charge in [0.15, 0.2) is 0 Å². The lowest BCUT2D eigenvalue weighted by molar-refractivity contribution is 0.548. The Morgan fingerprint density at radius 2 is 2.14 bits per heavy atom. The number of hydrogen-bond acceptors (Lipinski definition) is 1. The molecule has 0 amide bonds. The fraction of sp³-hybridized carbons (Fsp3) is 0.455. The van der Waals surface area contributed by atoms with E-state index in [1.54, 1.807) is 6.07 Å². The summed E-state index contributed by atoms with van der Waals surface area (Å²) in [6.45, 7) is 5.95. The zero-order valence-electron chi connectivity index (χ0n) is 8.48. The first kappa shape index (κ1) is 11.7. The van der Waals surface area contributed by atoms with E-state index in [0.29, 0.717) is 16.9 Å². The van der Waals surface area contributed by atoms with Gasteiger partial charge in [0.05, 0.1) is 4.47 Å². The lowest BCUT2D eigenvalue weighted by Gasteiger charge is -2.09. The van der Waals surface area contributed by atoms with Gasteiger partial charge in [0.2, 0.25) is 0 Å². The van der Waals surface area contributed by atoms with Crippen molar-refractivity contribution in [3.8, 4) is 0 Å². The maximum atomic E-state index is 13.1. The van der Waals surface area contributed by atoms with Crippen molar-refractivity contribution in [3.63, 3.8) is 0 Å². The third-order valence-electron chi connectivity index (χ3n) is 1.90. The molecule has 3 heteroatoms. The molecule has 0 aliphatic rings. The minimum atomic E-state index is -0.200. The SMILES string of the molecule is CC(C)CNCc1cccc(F)c1Br. The van der Waals surface area contributed by atoms with Gasteiger partial charge in [-0.15, -0.1) is 0 Å². The molecule has 1 nitrogen and oxygen atoms in total. The standard InChI is InChI=1S/C11H15BrFN/c1-8(2)6-14-7-9-4-3-5-10(13)11(9)12/h3-5,8,14H,6-7H2,1-2H3.